The number of methoxy groups -OCH3 is 2. The monoisotopic (exact) mass is 386 g/mol. The first-order chi connectivity index (χ1) is 13.7. The Balaban J connectivity index is 1.48. The molecular formula is C21H22O7. The summed E-state index contributed by atoms with van der Waals surface area (Å²) in [5.74, 6) is 2.68. The zero-order valence-electron chi connectivity index (χ0n) is 15.8. The van der Waals surface area contributed by atoms with Gasteiger partial charge in [-0.15, -0.1) is 0 Å². The maximum absolute atomic E-state index is 11.9. The van der Waals surface area contributed by atoms with Crippen molar-refractivity contribution in [2.24, 2.45) is 0 Å². The molecule has 1 heterocycles. The second-order valence-corrected chi connectivity index (χ2v) is 5.77. The summed E-state index contributed by atoms with van der Waals surface area (Å²) in [5, 5.41) is 0. The van der Waals surface area contributed by atoms with Gasteiger partial charge in [0.2, 0.25) is 5.75 Å². The summed E-state index contributed by atoms with van der Waals surface area (Å²) in [4.78, 5) is 11.9. The third kappa shape index (κ3) is 5.09. The molecule has 0 bridgehead atoms. The molecule has 0 unspecified atom stereocenters. The van der Waals surface area contributed by atoms with E-state index >= 15 is 0 Å². The second-order valence-electron chi connectivity index (χ2n) is 5.77. The van der Waals surface area contributed by atoms with Crippen molar-refractivity contribution in [3.8, 4) is 28.7 Å². The number of hydrogen-bond donors (Lipinski definition) is 0. The molecule has 0 atom stereocenters. The highest BCUT2D eigenvalue weighted by Gasteiger charge is 2.17. The predicted octanol–water partition coefficient (Wildman–Crippen LogP) is 3.11. The van der Waals surface area contributed by atoms with E-state index in [2.05, 4.69) is 0 Å². The summed E-state index contributed by atoms with van der Waals surface area (Å²) >= 11 is 0. The molecule has 28 heavy (non-hydrogen) atoms. The predicted molar refractivity (Wildman–Crippen MR) is 102 cm³/mol. The summed E-state index contributed by atoms with van der Waals surface area (Å²) in [6, 6.07) is 10.7. The average Bonchev–Trinajstić information content (AvgIpc) is 2.75. The molecule has 0 radical (unpaired) electrons. The maximum atomic E-state index is 11.9. The average molecular weight is 386 g/mol. The zero-order chi connectivity index (χ0) is 19.8. The molecule has 0 aliphatic carbocycles. The minimum absolute atomic E-state index is 0.139. The number of ether oxygens (including phenoxy) is 6. The van der Waals surface area contributed by atoms with Crippen LogP contribution in [0.4, 0.5) is 0 Å². The highest BCUT2D eigenvalue weighted by atomic mass is 16.6. The molecule has 2 aromatic carbocycles. The van der Waals surface area contributed by atoms with Crippen molar-refractivity contribution in [3.05, 3.63) is 48.0 Å². The second kappa shape index (κ2) is 9.55. The number of esters is 1. The van der Waals surface area contributed by atoms with Crippen LogP contribution in [0.5, 0.6) is 28.7 Å². The first kappa shape index (κ1) is 19.4. The first-order valence-electron chi connectivity index (χ1n) is 8.79. The lowest BCUT2D eigenvalue weighted by molar-refractivity contribution is -0.138. The highest BCUT2D eigenvalue weighted by Crippen LogP contribution is 2.40. The molecule has 3 rings (SSSR count). The number of hydrogen-bond acceptors (Lipinski definition) is 7. The summed E-state index contributed by atoms with van der Waals surface area (Å²) in [6.07, 6.45) is 2.98. The molecule has 0 amide bonds. The number of carbonyl (C=O) groups excluding carboxylic acids is 1. The minimum Gasteiger partial charge on any atom is -0.497 e. The molecule has 0 saturated carbocycles. The maximum Gasteiger partial charge on any atom is 0.330 e. The van der Waals surface area contributed by atoms with Crippen LogP contribution in [0.1, 0.15) is 5.56 Å². The van der Waals surface area contributed by atoms with Crippen LogP contribution >= 0.6 is 0 Å². The van der Waals surface area contributed by atoms with Crippen molar-refractivity contribution < 1.29 is 33.2 Å². The fourth-order valence-corrected chi connectivity index (χ4v) is 2.58. The van der Waals surface area contributed by atoms with Crippen LogP contribution in [0, 0.1) is 0 Å². The van der Waals surface area contributed by atoms with Gasteiger partial charge >= 0.3 is 5.97 Å². The zero-order valence-corrected chi connectivity index (χ0v) is 15.8. The summed E-state index contributed by atoms with van der Waals surface area (Å²) in [7, 11) is 3.15. The van der Waals surface area contributed by atoms with Gasteiger partial charge in [0.15, 0.2) is 11.5 Å². The Bertz CT molecular complexity index is 810. The molecule has 148 valence electrons. The Morgan fingerprint density at radius 1 is 1.00 bits per heavy atom. The fraction of sp³-hybridized carbons (Fsp3) is 0.286. The third-order valence-corrected chi connectivity index (χ3v) is 3.92. The normalized spacial score (nSPS) is 12.5. The molecular weight excluding hydrogens is 364 g/mol. The van der Waals surface area contributed by atoms with Gasteiger partial charge in [-0.25, -0.2) is 4.79 Å². The van der Waals surface area contributed by atoms with Crippen LogP contribution in [0.15, 0.2) is 42.5 Å². The Labute approximate surface area is 163 Å². The number of carbonyl (C=O) groups is 1. The van der Waals surface area contributed by atoms with E-state index in [1.54, 1.807) is 56.7 Å². The molecule has 0 spiro atoms. The van der Waals surface area contributed by atoms with Gasteiger partial charge in [0.05, 0.1) is 14.2 Å². The Hall–Kier alpha value is -3.35. The van der Waals surface area contributed by atoms with Crippen molar-refractivity contribution in [3.63, 3.8) is 0 Å². The van der Waals surface area contributed by atoms with E-state index in [4.69, 9.17) is 28.4 Å². The van der Waals surface area contributed by atoms with Gasteiger partial charge in [0.1, 0.15) is 37.9 Å². The van der Waals surface area contributed by atoms with Gasteiger partial charge in [0, 0.05) is 6.08 Å². The van der Waals surface area contributed by atoms with E-state index in [-0.39, 0.29) is 13.2 Å². The lowest BCUT2D eigenvalue weighted by Gasteiger charge is -2.20. The van der Waals surface area contributed by atoms with Gasteiger partial charge in [-0.2, -0.15) is 0 Å². The van der Waals surface area contributed by atoms with Crippen LogP contribution in [0.2, 0.25) is 0 Å². The number of benzene rings is 2. The third-order valence-electron chi connectivity index (χ3n) is 3.92. The quantitative estimate of drug-likeness (QED) is 0.392. The van der Waals surface area contributed by atoms with Gasteiger partial charge < -0.3 is 28.4 Å². The standard InChI is InChI=1S/C21H22O7/c1-23-16-4-6-17(7-5-16)25-9-11-27-20(22)8-3-15-13-18(24-2)21-19(14-15)26-10-12-28-21/h3-8,13-14H,9-12H2,1-2H3/b8-3+. The first-order valence-corrected chi connectivity index (χ1v) is 8.79. The van der Waals surface area contributed by atoms with Crippen LogP contribution in [0.3, 0.4) is 0 Å². The van der Waals surface area contributed by atoms with Crippen molar-refractivity contribution in [1.29, 1.82) is 0 Å². The lowest BCUT2D eigenvalue weighted by atomic mass is 10.1. The van der Waals surface area contributed by atoms with E-state index in [1.165, 1.54) is 6.08 Å². The molecule has 0 aromatic heterocycles. The van der Waals surface area contributed by atoms with Crippen molar-refractivity contribution >= 4 is 12.0 Å². The smallest absolute Gasteiger partial charge is 0.330 e. The molecule has 0 fully saturated rings. The molecule has 1 aliphatic rings. The molecule has 0 N–H and O–H groups in total. The van der Waals surface area contributed by atoms with Gasteiger partial charge in [-0.1, -0.05) is 0 Å². The van der Waals surface area contributed by atoms with E-state index in [0.717, 1.165) is 11.3 Å². The fourth-order valence-electron chi connectivity index (χ4n) is 2.58. The van der Waals surface area contributed by atoms with Crippen molar-refractivity contribution in [2.75, 3.05) is 40.6 Å². The molecule has 2 aromatic rings. The summed E-state index contributed by atoms with van der Waals surface area (Å²) in [5.41, 5.74) is 0.743. The van der Waals surface area contributed by atoms with E-state index in [9.17, 15) is 4.79 Å². The summed E-state index contributed by atoms with van der Waals surface area (Å²) < 4.78 is 32.2. The van der Waals surface area contributed by atoms with Crippen molar-refractivity contribution in [2.45, 2.75) is 0 Å². The molecule has 1 aliphatic heterocycles. The topological polar surface area (TPSA) is 72.5 Å². The van der Waals surface area contributed by atoms with Crippen LogP contribution in [-0.4, -0.2) is 46.6 Å². The Kier molecular flexibility index (Phi) is 6.62. The SMILES string of the molecule is COc1ccc(OCCOC(=O)/C=C/c2cc(OC)c3c(c2)OCCO3)cc1. The van der Waals surface area contributed by atoms with Crippen LogP contribution in [0.25, 0.3) is 6.08 Å². The van der Waals surface area contributed by atoms with Gasteiger partial charge in [-0.05, 0) is 48.0 Å². The van der Waals surface area contributed by atoms with E-state index < -0.39 is 5.97 Å². The lowest BCUT2D eigenvalue weighted by Crippen LogP contribution is -2.16. The van der Waals surface area contributed by atoms with Crippen LogP contribution < -0.4 is 23.7 Å². The van der Waals surface area contributed by atoms with Gasteiger partial charge in [-0.3, -0.25) is 0 Å². The highest BCUT2D eigenvalue weighted by molar-refractivity contribution is 5.87. The Morgan fingerprint density at radius 3 is 2.50 bits per heavy atom. The van der Waals surface area contributed by atoms with E-state index in [1.807, 2.05) is 0 Å². The summed E-state index contributed by atoms with van der Waals surface area (Å²) in [6.45, 7) is 1.34. The molecule has 7 heteroatoms. The Morgan fingerprint density at radius 2 is 1.75 bits per heavy atom. The number of fused-ring (bicyclic) bond motifs is 1. The molecule has 0 saturated heterocycles. The number of rotatable bonds is 8. The van der Waals surface area contributed by atoms with Crippen LogP contribution in [-0.2, 0) is 9.53 Å². The largest absolute Gasteiger partial charge is 0.497 e. The minimum atomic E-state index is -0.466. The van der Waals surface area contributed by atoms with E-state index in [0.29, 0.717) is 36.2 Å². The van der Waals surface area contributed by atoms with Crippen molar-refractivity contribution in [1.82, 2.24) is 0 Å². The molecule has 7 nitrogen and oxygen atoms in total. The van der Waals surface area contributed by atoms with Gasteiger partial charge in [0.25, 0.3) is 0 Å².